The highest BCUT2D eigenvalue weighted by Crippen LogP contribution is 2.30. The molecule has 1 aromatic carbocycles. The molecule has 0 spiro atoms. The number of benzene rings is 1. The molecule has 2 N–H and O–H groups in total. The number of amides is 1. The highest BCUT2D eigenvalue weighted by molar-refractivity contribution is 5.98. The maximum atomic E-state index is 14.5. The van der Waals surface area contributed by atoms with Crippen molar-refractivity contribution >= 4 is 11.7 Å². The van der Waals surface area contributed by atoms with Gasteiger partial charge in [-0.05, 0) is 36.8 Å². The molecule has 3 heterocycles. The number of nitrogens with one attached hydrogen (secondary N) is 1. The molecule has 0 fully saturated rings. The van der Waals surface area contributed by atoms with Gasteiger partial charge in [-0.25, -0.2) is 9.37 Å². The van der Waals surface area contributed by atoms with Crippen molar-refractivity contribution < 1.29 is 19.0 Å². The Labute approximate surface area is 183 Å². The molecule has 9 nitrogen and oxygen atoms in total. The second kappa shape index (κ2) is 8.74. The second-order valence-electron chi connectivity index (χ2n) is 7.46. The number of carbonyl (C=O) groups is 1. The van der Waals surface area contributed by atoms with Gasteiger partial charge in [0.15, 0.2) is 23.6 Å². The summed E-state index contributed by atoms with van der Waals surface area (Å²) < 4.78 is 21.7. The number of hydrogen-bond donors (Lipinski definition) is 2. The van der Waals surface area contributed by atoms with Gasteiger partial charge in [-0.2, -0.15) is 10.4 Å². The monoisotopic (exact) mass is 436 g/mol. The van der Waals surface area contributed by atoms with E-state index in [1.54, 1.807) is 56.6 Å². The minimum absolute atomic E-state index is 0.235. The number of pyridine rings is 1. The quantitative estimate of drug-likeness (QED) is 0.585. The summed E-state index contributed by atoms with van der Waals surface area (Å²) in [6.07, 6.45) is 0.516. The Balaban J connectivity index is 1.50. The van der Waals surface area contributed by atoms with Crippen LogP contribution in [0.25, 0.3) is 0 Å². The van der Waals surface area contributed by atoms with Crippen LogP contribution in [0.4, 0.5) is 10.2 Å². The van der Waals surface area contributed by atoms with Crippen molar-refractivity contribution in [1.82, 2.24) is 20.1 Å². The van der Waals surface area contributed by atoms with Gasteiger partial charge in [0.05, 0.1) is 24.4 Å². The SMILES string of the molecule is C[C@H]1Oc2cccnc2N(C)C(=O)[C@H]1NC(O)c1nn(Cc2ccc(C#N)cc2)cc1F. The zero-order valence-corrected chi connectivity index (χ0v) is 17.4. The summed E-state index contributed by atoms with van der Waals surface area (Å²) >= 11 is 0. The van der Waals surface area contributed by atoms with Crippen molar-refractivity contribution in [3.8, 4) is 11.8 Å². The fourth-order valence-electron chi connectivity index (χ4n) is 3.51. The molecular formula is C22H21FN6O3. The Kier molecular flexibility index (Phi) is 5.85. The molecule has 4 rings (SSSR count). The van der Waals surface area contributed by atoms with E-state index >= 15 is 0 Å². The lowest BCUT2D eigenvalue weighted by Crippen LogP contribution is -2.52. The molecule has 2 aromatic heterocycles. The van der Waals surface area contributed by atoms with E-state index < -0.39 is 24.2 Å². The number of ether oxygens (including phenoxy) is 1. The second-order valence-corrected chi connectivity index (χ2v) is 7.46. The van der Waals surface area contributed by atoms with E-state index in [1.807, 2.05) is 6.07 Å². The zero-order valence-electron chi connectivity index (χ0n) is 17.4. The number of aliphatic hydroxyl groups is 1. The third-order valence-electron chi connectivity index (χ3n) is 5.21. The molecule has 0 saturated heterocycles. The lowest BCUT2D eigenvalue weighted by molar-refractivity contribution is -0.123. The fourth-order valence-corrected chi connectivity index (χ4v) is 3.51. The number of aliphatic hydroxyl groups excluding tert-OH is 1. The molecule has 1 amide bonds. The van der Waals surface area contributed by atoms with Gasteiger partial charge in [0, 0.05) is 13.2 Å². The van der Waals surface area contributed by atoms with Gasteiger partial charge in [0.2, 0.25) is 5.91 Å². The number of fused-ring (bicyclic) bond motifs is 1. The predicted octanol–water partition coefficient (Wildman–Crippen LogP) is 1.73. The number of halogens is 1. The van der Waals surface area contributed by atoms with Gasteiger partial charge < -0.3 is 9.84 Å². The number of likely N-dealkylation sites (N-methyl/N-ethyl adjacent to an activating group) is 1. The summed E-state index contributed by atoms with van der Waals surface area (Å²) in [5, 5.41) is 26.4. The van der Waals surface area contributed by atoms with Crippen molar-refractivity contribution in [1.29, 1.82) is 5.26 Å². The molecule has 3 atom stereocenters. The van der Waals surface area contributed by atoms with Crippen LogP contribution in [0.2, 0.25) is 0 Å². The predicted molar refractivity (Wildman–Crippen MR) is 112 cm³/mol. The summed E-state index contributed by atoms with van der Waals surface area (Å²) in [6.45, 7) is 1.93. The van der Waals surface area contributed by atoms with Crippen molar-refractivity contribution in [2.75, 3.05) is 11.9 Å². The Bertz CT molecular complexity index is 1170. The van der Waals surface area contributed by atoms with Crippen LogP contribution in [0.1, 0.15) is 30.0 Å². The van der Waals surface area contributed by atoms with E-state index in [9.17, 15) is 14.3 Å². The van der Waals surface area contributed by atoms with Gasteiger partial charge in [0.25, 0.3) is 0 Å². The molecule has 0 aliphatic carbocycles. The number of anilines is 1. The van der Waals surface area contributed by atoms with Gasteiger partial charge in [0.1, 0.15) is 17.8 Å². The van der Waals surface area contributed by atoms with Crippen LogP contribution in [-0.4, -0.2) is 45.0 Å². The van der Waals surface area contributed by atoms with Crippen molar-refractivity contribution in [3.63, 3.8) is 0 Å². The molecule has 10 heteroatoms. The molecule has 3 aromatic rings. The average molecular weight is 436 g/mol. The molecule has 0 bridgehead atoms. The first-order valence-corrected chi connectivity index (χ1v) is 9.92. The molecule has 0 saturated carbocycles. The Hall–Kier alpha value is -3.81. The Morgan fingerprint density at radius 1 is 1.34 bits per heavy atom. The van der Waals surface area contributed by atoms with E-state index in [1.165, 1.54) is 15.8 Å². The minimum atomic E-state index is -1.54. The van der Waals surface area contributed by atoms with E-state index in [4.69, 9.17) is 10.00 Å². The number of nitriles is 1. The van der Waals surface area contributed by atoms with Crippen LogP contribution >= 0.6 is 0 Å². The lowest BCUT2D eigenvalue weighted by atomic mass is 10.1. The molecule has 1 unspecified atom stereocenters. The molecule has 0 radical (unpaired) electrons. The maximum Gasteiger partial charge on any atom is 0.249 e. The third-order valence-corrected chi connectivity index (χ3v) is 5.21. The van der Waals surface area contributed by atoms with Gasteiger partial charge in [-0.3, -0.25) is 19.7 Å². The summed E-state index contributed by atoms with van der Waals surface area (Å²) in [7, 11) is 1.56. The first kappa shape index (κ1) is 21.4. The normalized spacial score (nSPS) is 19.0. The molecular weight excluding hydrogens is 415 g/mol. The topological polar surface area (TPSA) is 116 Å². The first-order chi connectivity index (χ1) is 15.4. The standard InChI is InChI=1S/C22H21FN6O3/c1-13-18(22(31)28(2)20-17(32-13)4-3-9-25-20)26-21(30)19-16(23)12-29(27-19)11-15-7-5-14(10-24)6-8-15/h3-9,12-13,18,21,26,30H,11H2,1-2H3/t13-,18+,21?/m1/s1. The lowest BCUT2D eigenvalue weighted by Gasteiger charge is -2.25. The van der Waals surface area contributed by atoms with Crippen molar-refractivity contribution in [2.45, 2.75) is 31.8 Å². The summed E-state index contributed by atoms with van der Waals surface area (Å²) in [5.41, 5.74) is 1.10. The van der Waals surface area contributed by atoms with E-state index in [0.717, 1.165) is 5.56 Å². The molecule has 1 aliphatic heterocycles. The van der Waals surface area contributed by atoms with Gasteiger partial charge in [-0.15, -0.1) is 0 Å². The van der Waals surface area contributed by atoms with Crippen LogP contribution in [-0.2, 0) is 11.3 Å². The number of hydrogen-bond acceptors (Lipinski definition) is 7. The maximum absolute atomic E-state index is 14.5. The van der Waals surface area contributed by atoms with E-state index in [-0.39, 0.29) is 18.1 Å². The molecule has 32 heavy (non-hydrogen) atoms. The Morgan fingerprint density at radius 3 is 2.81 bits per heavy atom. The van der Waals surface area contributed by atoms with Crippen LogP contribution in [0.5, 0.6) is 5.75 Å². The number of nitrogens with zero attached hydrogens (tertiary/aromatic N) is 5. The van der Waals surface area contributed by atoms with Crippen LogP contribution in [0.15, 0.2) is 48.8 Å². The highest BCUT2D eigenvalue weighted by Gasteiger charge is 2.37. The highest BCUT2D eigenvalue weighted by atomic mass is 19.1. The van der Waals surface area contributed by atoms with E-state index in [0.29, 0.717) is 17.1 Å². The number of aromatic nitrogens is 3. The van der Waals surface area contributed by atoms with Gasteiger partial charge in [-0.1, -0.05) is 12.1 Å². The largest absolute Gasteiger partial charge is 0.485 e. The van der Waals surface area contributed by atoms with E-state index in [2.05, 4.69) is 15.4 Å². The third kappa shape index (κ3) is 4.16. The van der Waals surface area contributed by atoms with Gasteiger partial charge >= 0.3 is 0 Å². The summed E-state index contributed by atoms with van der Waals surface area (Å²) in [4.78, 5) is 18.5. The van der Waals surface area contributed by atoms with Crippen LogP contribution in [0, 0.1) is 17.1 Å². The first-order valence-electron chi connectivity index (χ1n) is 9.92. The molecule has 164 valence electrons. The average Bonchev–Trinajstić information content (AvgIpc) is 3.13. The smallest absolute Gasteiger partial charge is 0.249 e. The van der Waals surface area contributed by atoms with Crippen LogP contribution < -0.4 is 15.0 Å². The fraction of sp³-hybridized carbons (Fsp3) is 0.273. The minimum Gasteiger partial charge on any atom is -0.485 e. The number of carbonyl (C=O) groups excluding carboxylic acids is 1. The zero-order chi connectivity index (χ0) is 22.8. The number of rotatable bonds is 5. The summed E-state index contributed by atoms with van der Waals surface area (Å²) in [6, 6.07) is 11.3. The summed E-state index contributed by atoms with van der Waals surface area (Å²) in [5.74, 6) is -0.299. The van der Waals surface area contributed by atoms with Crippen molar-refractivity contribution in [2.24, 2.45) is 0 Å². The molecule has 1 aliphatic rings. The Morgan fingerprint density at radius 2 is 2.09 bits per heavy atom. The van der Waals surface area contributed by atoms with Crippen LogP contribution in [0.3, 0.4) is 0 Å². The van der Waals surface area contributed by atoms with Crippen molar-refractivity contribution in [3.05, 3.63) is 71.4 Å².